The molecule has 1 aromatic carbocycles. The van der Waals surface area contributed by atoms with Crippen LogP contribution in [-0.2, 0) is 6.54 Å². The minimum absolute atomic E-state index is 0.198. The van der Waals surface area contributed by atoms with Gasteiger partial charge in [-0.25, -0.2) is 0 Å². The van der Waals surface area contributed by atoms with Gasteiger partial charge in [0.15, 0.2) is 0 Å². The molecular weight excluding hydrogens is 326 g/mol. The fourth-order valence-electron chi connectivity index (χ4n) is 4.17. The molecule has 0 radical (unpaired) electrons. The van der Waals surface area contributed by atoms with E-state index in [4.69, 9.17) is 0 Å². The number of hydrogen-bond acceptors (Lipinski definition) is 2. The highest BCUT2D eigenvalue weighted by Gasteiger charge is 2.37. The smallest absolute Gasteiger partial charge is 0.264 e. The van der Waals surface area contributed by atoms with Crippen LogP contribution in [0.2, 0.25) is 0 Å². The molecular formula is C22H29NOS. The Morgan fingerprint density at radius 2 is 1.92 bits per heavy atom. The Labute approximate surface area is 155 Å². The summed E-state index contributed by atoms with van der Waals surface area (Å²) in [4.78, 5) is 16.3. The second kappa shape index (κ2) is 8.18. The minimum Gasteiger partial charge on any atom is -0.330 e. The molecule has 1 heterocycles. The maximum atomic E-state index is 13.3. The zero-order valence-corrected chi connectivity index (χ0v) is 16.3. The first-order valence-electron chi connectivity index (χ1n) is 9.44. The number of carbonyl (C=O) groups is 1. The molecule has 2 nitrogen and oxygen atoms in total. The number of thiophene rings is 1. The van der Waals surface area contributed by atoms with Crippen molar-refractivity contribution in [2.75, 3.05) is 0 Å². The third-order valence-electron chi connectivity index (χ3n) is 5.58. The highest BCUT2D eigenvalue weighted by atomic mass is 32.1. The molecule has 1 aliphatic rings. The molecule has 134 valence electrons. The SMILES string of the molecule is CC(C)[C@@H]1CC[C@H](C)C[C@H]1N(Cc1ccccc1)C(=O)c1cccs1. The van der Waals surface area contributed by atoms with Crippen LogP contribution < -0.4 is 0 Å². The van der Waals surface area contributed by atoms with Crippen molar-refractivity contribution in [3.05, 3.63) is 58.3 Å². The minimum atomic E-state index is 0.198. The summed E-state index contributed by atoms with van der Waals surface area (Å²) in [6.45, 7) is 7.66. The highest BCUT2D eigenvalue weighted by molar-refractivity contribution is 7.12. The van der Waals surface area contributed by atoms with Gasteiger partial charge in [-0.15, -0.1) is 11.3 Å². The molecule has 25 heavy (non-hydrogen) atoms. The molecule has 3 atom stereocenters. The second-order valence-corrected chi connectivity index (χ2v) is 8.74. The third kappa shape index (κ3) is 4.33. The lowest BCUT2D eigenvalue weighted by Gasteiger charge is -2.44. The molecule has 2 aromatic rings. The van der Waals surface area contributed by atoms with Crippen LogP contribution in [0.15, 0.2) is 47.8 Å². The van der Waals surface area contributed by atoms with Gasteiger partial charge in [0.05, 0.1) is 4.88 Å². The van der Waals surface area contributed by atoms with Gasteiger partial charge in [0, 0.05) is 12.6 Å². The average Bonchev–Trinajstić information content (AvgIpc) is 3.14. The van der Waals surface area contributed by atoms with Crippen molar-refractivity contribution >= 4 is 17.2 Å². The maximum Gasteiger partial charge on any atom is 0.264 e. The lowest BCUT2D eigenvalue weighted by molar-refractivity contribution is 0.0371. The summed E-state index contributed by atoms with van der Waals surface area (Å²) in [6, 6.07) is 14.7. The van der Waals surface area contributed by atoms with E-state index in [-0.39, 0.29) is 5.91 Å². The molecule has 0 N–H and O–H groups in total. The van der Waals surface area contributed by atoms with Crippen LogP contribution in [0.5, 0.6) is 0 Å². The van der Waals surface area contributed by atoms with Crippen LogP contribution >= 0.6 is 11.3 Å². The van der Waals surface area contributed by atoms with Gasteiger partial charge in [-0.05, 0) is 47.6 Å². The van der Waals surface area contributed by atoms with E-state index in [1.165, 1.54) is 18.4 Å². The van der Waals surface area contributed by atoms with Crippen molar-refractivity contribution in [1.29, 1.82) is 0 Å². The van der Waals surface area contributed by atoms with Gasteiger partial charge in [0.1, 0.15) is 0 Å². The molecule has 3 rings (SSSR count). The standard InChI is InChI=1S/C22H29NOS/c1-16(2)19-12-11-17(3)14-20(19)23(15-18-8-5-4-6-9-18)22(24)21-10-7-13-25-21/h4-10,13,16-17,19-20H,11-12,14-15H2,1-3H3/t17-,19-,20+/m0/s1. The Morgan fingerprint density at radius 3 is 2.56 bits per heavy atom. The fraction of sp³-hybridized carbons (Fsp3) is 0.500. The number of hydrogen-bond donors (Lipinski definition) is 0. The van der Waals surface area contributed by atoms with Gasteiger partial charge in [-0.2, -0.15) is 0 Å². The van der Waals surface area contributed by atoms with E-state index in [0.717, 1.165) is 11.3 Å². The van der Waals surface area contributed by atoms with Crippen LogP contribution in [0.3, 0.4) is 0 Å². The summed E-state index contributed by atoms with van der Waals surface area (Å²) in [7, 11) is 0. The zero-order chi connectivity index (χ0) is 17.8. The molecule has 1 aliphatic carbocycles. The van der Waals surface area contributed by atoms with Crippen molar-refractivity contribution in [2.45, 2.75) is 52.6 Å². The molecule has 0 aliphatic heterocycles. The third-order valence-corrected chi connectivity index (χ3v) is 6.43. The Morgan fingerprint density at radius 1 is 1.16 bits per heavy atom. The molecule has 3 heteroatoms. The van der Waals surface area contributed by atoms with Crippen molar-refractivity contribution in [3.63, 3.8) is 0 Å². The van der Waals surface area contributed by atoms with Crippen molar-refractivity contribution in [3.8, 4) is 0 Å². The van der Waals surface area contributed by atoms with Crippen LogP contribution in [0.4, 0.5) is 0 Å². The maximum absolute atomic E-state index is 13.3. The van der Waals surface area contributed by atoms with E-state index < -0.39 is 0 Å². The normalized spacial score (nSPS) is 23.6. The zero-order valence-electron chi connectivity index (χ0n) is 15.5. The van der Waals surface area contributed by atoms with Gasteiger partial charge < -0.3 is 4.90 Å². The van der Waals surface area contributed by atoms with E-state index in [1.807, 2.05) is 23.6 Å². The second-order valence-electron chi connectivity index (χ2n) is 7.79. The van der Waals surface area contributed by atoms with Gasteiger partial charge in [-0.3, -0.25) is 4.79 Å². The first-order chi connectivity index (χ1) is 12.1. The van der Waals surface area contributed by atoms with E-state index in [1.54, 1.807) is 11.3 Å². The molecule has 1 fully saturated rings. The van der Waals surface area contributed by atoms with Crippen molar-refractivity contribution in [2.24, 2.45) is 17.8 Å². The van der Waals surface area contributed by atoms with Crippen LogP contribution in [0.1, 0.15) is 55.3 Å². The van der Waals surface area contributed by atoms with Gasteiger partial charge in [-0.1, -0.05) is 63.6 Å². The predicted molar refractivity (Wildman–Crippen MR) is 106 cm³/mol. The van der Waals surface area contributed by atoms with Crippen LogP contribution in [0, 0.1) is 17.8 Å². The van der Waals surface area contributed by atoms with Gasteiger partial charge in [0.2, 0.25) is 0 Å². The number of nitrogens with zero attached hydrogens (tertiary/aromatic N) is 1. The summed E-state index contributed by atoms with van der Waals surface area (Å²) >= 11 is 1.55. The Hall–Kier alpha value is -1.61. The largest absolute Gasteiger partial charge is 0.330 e. The molecule has 1 amide bonds. The molecule has 1 saturated carbocycles. The summed E-state index contributed by atoms with van der Waals surface area (Å²) in [5.74, 6) is 2.08. The van der Waals surface area contributed by atoms with Crippen LogP contribution in [0.25, 0.3) is 0 Å². The summed E-state index contributed by atoms with van der Waals surface area (Å²) in [6.07, 6.45) is 3.63. The fourth-order valence-corrected chi connectivity index (χ4v) is 4.85. The lowest BCUT2D eigenvalue weighted by atomic mass is 9.73. The van der Waals surface area contributed by atoms with E-state index in [0.29, 0.717) is 30.3 Å². The topological polar surface area (TPSA) is 20.3 Å². The molecule has 0 saturated heterocycles. The van der Waals surface area contributed by atoms with E-state index >= 15 is 0 Å². The number of amides is 1. The molecule has 0 bridgehead atoms. The molecule has 0 spiro atoms. The summed E-state index contributed by atoms with van der Waals surface area (Å²) in [5.41, 5.74) is 1.22. The Bertz CT molecular complexity index is 665. The summed E-state index contributed by atoms with van der Waals surface area (Å²) < 4.78 is 0. The first kappa shape index (κ1) is 18.2. The van der Waals surface area contributed by atoms with E-state index in [2.05, 4.69) is 49.9 Å². The van der Waals surface area contributed by atoms with Gasteiger partial charge in [0.25, 0.3) is 5.91 Å². The Balaban J connectivity index is 1.92. The van der Waals surface area contributed by atoms with Gasteiger partial charge >= 0.3 is 0 Å². The molecule has 0 unspecified atom stereocenters. The molecule has 1 aromatic heterocycles. The number of benzene rings is 1. The monoisotopic (exact) mass is 355 g/mol. The first-order valence-corrected chi connectivity index (χ1v) is 10.3. The quantitative estimate of drug-likeness (QED) is 0.658. The predicted octanol–water partition coefficient (Wildman–Crippen LogP) is 5.85. The van der Waals surface area contributed by atoms with Crippen molar-refractivity contribution in [1.82, 2.24) is 4.90 Å². The summed E-state index contributed by atoms with van der Waals surface area (Å²) in [5, 5.41) is 2.00. The lowest BCUT2D eigenvalue weighted by Crippen LogP contribution is -2.48. The average molecular weight is 356 g/mol. The number of rotatable bonds is 5. The van der Waals surface area contributed by atoms with E-state index in [9.17, 15) is 4.79 Å². The Kier molecular flexibility index (Phi) is 5.95. The highest BCUT2D eigenvalue weighted by Crippen LogP contribution is 2.37. The van der Waals surface area contributed by atoms with Crippen LogP contribution in [-0.4, -0.2) is 16.8 Å². The van der Waals surface area contributed by atoms with Crippen molar-refractivity contribution < 1.29 is 4.79 Å². The number of carbonyl (C=O) groups excluding carboxylic acids is 1.